The highest BCUT2D eigenvalue weighted by atomic mass is 19.4. The molecule has 0 fully saturated rings. The van der Waals surface area contributed by atoms with E-state index in [0.29, 0.717) is 6.07 Å². The molecule has 0 saturated heterocycles. The largest absolute Gasteiger partial charge is 0.462 e. The summed E-state index contributed by atoms with van der Waals surface area (Å²) in [4.78, 5) is 27.2. The van der Waals surface area contributed by atoms with Crippen molar-refractivity contribution < 1.29 is 27.5 Å². The summed E-state index contributed by atoms with van der Waals surface area (Å²) in [5.41, 5.74) is 3.29. The van der Waals surface area contributed by atoms with Gasteiger partial charge in [0.25, 0.3) is 5.91 Å². The van der Waals surface area contributed by atoms with Crippen molar-refractivity contribution in [3.05, 3.63) is 59.3 Å². The Morgan fingerprint density at radius 2 is 1.80 bits per heavy atom. The van der Waals surface area contributed by atoms with Gasteiger partial charge in [0, 0.05) is 5.56 Å². The number of nitrogens with zero attached hydrogens (tertiary/aromatic N) is 1. The van der Waals surface area contributed by atoms with E-state index in [0.717, 1.165) is 6.07 Å². The molecule has 0 spiro atoms. The number of pyridine rings is 1. The van der Waals surface area contributed by atoms with Crippen LogP contribution in [-0.4, -0.2) is 23.5 Å². The highest BCUT2D eigenvalue weighted by molar-refractivity contribution is 5.97. The number of hydrazine groups is 1. The summed E-state index contributed by atoms with van der Waals surface area (Å²) in [6.45, 7) is 1.59. The summed E-state index contributed by atoms with van der Waals surface area (Å²) in [6, 6.07) is 9.59. The summed E-state index contributed by atoms with van der Waals surface area (Å²) < 4.78 is 43.2. The molecule has 9 heteroatoms. The Morgan fingerprint density at radius 3 is 2.40 bits per heavy atom. The van der Waals surface area contributed by atoms with Crippen LogP contribution in [0.1, 0.15) is 33.3 Å². The van der Waals surface area contributed by atoms with E-state index >= 15 is 0 Å². The van der Waals surface area contributed by atoms with Gasteiger partial charge in [-0.25, -0.2) is 9.78 Å². The quantitative estimate of drug-likeness (QED) is 0.638. The van der Waals surface area contributed by atoms with E-state index in [1.54, 1.807) is 25.1 Å². The Hall–Kier alpha value is -3.10. The molecular weight excluding hydrogens is 339 g/mol. The summed E-state index contributed by atoms with van der Waals surface area (Å²) in [6.07, 6.45) is -4.70. The molecule has 6 nitrogen and oxygen atoms in total. The number of hydrogen-bond acceptors (Lipinski definition) is 5. The molecular formula is C16H14F3N3O3. The van der Waals surface area contributed by atoms with E-state index in [2.05, 4.69) is 15.8 Å². The van der Waals surface area contributed by atoms with Gasteiger partial charge in [-0.2, -0.15) is 13.2 Å². The lowest BCUT2D eigenvalue weighted by molar-refractivity contribution is -0.141. The van der Waals surface area contributed by atoms with Gasteiger partial charge < -0.3 is 4.74 Å². The monoisotopic (exact) mass is 353 g/mol. The summed E-state index contributed by atoms with van der Waals surface area (Å²) in [5, 5.41) is 0. The van der Waals surface area contributed by atoms with E-state index in [1.807, 2.05) is 0 Å². The second kappa shape index (κ2) is 7.65. The molecule has 0 aliphatic carbocycles. The minimum absolute atomic E-state index is 0.0374. The van der Waals surface area contributed by atoms with Crippen LogP contribution in [0.3, 0.4) is 0 Å². The fourth-order valence-corrected chi connectivity index (χ4v) is 1.86. The summed E-state index contributed by atoms with van der Waals surface area (Å²) in [5.74, 6) is -1.92. The molecule has 0 atom stereocenters. The van der Waals surface area contributed by atoms with Gasteiger partial charge in [-0.15, -0.1) is 0 Å². The molecule has 2 rings (SSSR count). The number of esters is 1. The number of rotatable bonds is 5. The van der Waals surface area contributed by atoms with Crippen LogP contribution in [0.4, 0.5) is 19.0 Å². The summed E-state index contributed by atoms with van der Waals surface area (Å²) in [7, 11) is 0. The van der Waals surface area contributed by atoms with Crippen molar-refractivity contribution in [1.29, 1.82) is 0 Å². The second-order valence-electron chi connectivity index (χ2n) is 4.76. The van der Waals surface area contributed by atoms with Gasteiger partial charge in [0.1, 0.15) is 11.3 Å². The fourth-order valence-electron chi connectivity index (χ4n) is 1.86. The maximum Gasteiger partial charge on any atom is 0.433 e. The fraction of sp³-hybridized carbons (Fsp3) is 0.188. The first-order chi connectivity index (χ1) is 11.8. The van der Waals surface area contributed by atoms with Crippen LogP contribution in [0.2, 0.25) is 0 Å². The molecule has 132 valence electrons. The van der Waals surface area contributed by atoms with E-state index in [4.69, 9.17) is 4.74 Å². The van der Waals surface area contributed by atoms with Crippen molar-refractivity contribution >= 4 is 17.7 Å². The topological polar surface area (TPSA) is 80.3 Å². The zero-order valence-electron chi connectivity index (χ0n) is 13.1. The van der Waals surface area contributed by atoms with E-state index < -0.39 is 29.6 Å². The molecule has 2 N–H and O–H groups in total. The Balaban J connectivity index is 2.26. The molecule has 0 unspecified atom stereocenters. The molecule has 1 aromatic carbocycles. The number of aromatic nitrogens is 1. The van der Waals surface area contributed by atoms with Crippen molar-refractivity contribution in [3.8, 4) is 0 Å². The number of amides is 1. The van der Waals surface area contributed by atoms with Gasteiger partial charge in [0.05, 0.1) is 6.61 Å². The number of anilines is 1. The van der Waals surface area contributed by atoms with Crippen LogP contribution in [-0.2, 0) is 10.9 Å². The number of carbonyl (C=O) groups excluding carboxylic acids is 2. The van der Waals surface area contributed by atoms with Crippen molar-refractivity contribution in [1.82, 2.24) is 10.4 Å². The van der Waals surface area contributed by atoms with Crippen molar-refractivity contribution in [2.45, 2.75) is 13.1 Å². The molecule has 0 radical (unpaired) electrons. The van der Waals surface area contributed by atoms with Gasteiger partial charge >= 0.3 is 12.1 Å². The molecule has 0 aliphatic heterocycles. The maximum absolute atomic E-state index is 12.8. The molecule has 1 amide bonds. The Bertz CT molecular complexity index is 764. The number of carbonyl (C=O) groups is 2. The molecule has 2 aromatic rings. The summed E-state index contributed by atoms with van der Waals surface area (Å²) >= 11 is 0. The first-order valence-corrected chi connectivity index (χ1v) is 7.19. The number of nitrogens with one attached hydrogen (secondary N) is 2. The lowest BCUT2D eigenvalue weighted by Crippen LogP contribution is -2.31. The average Bonchev–Trinajstić information content (AvgIpc) is 2.59. The smallest absolute Gasteiger partial charge is 0.433 e. The SMILES string of the molecule is CCOC(=O)c1ccc(C(F)(F)F)nc1NNC(=O)c1ccccc1. The lowest BCUT2D eigenvalue weighted by atomic mass is 10.2. The van der Waals surface area contributed by atoms with Crippen LogP contribution in [0.5, 0.6) is 0 Å². The molecule has 0 aliphatic rings. The second-order valence-corrected chi connectivity index (χ2v) is 4.76. The average molecular weight is 353 g/mol. The van der Waals surface area contributed by atoms with Crippen molar-refractivity contribution in [3.63, 3.8) is 0 Å². The van der Waals surface area contributed by atoms with E-state index in [-0.39, 0.29) is 17.7 Å². The molecule has 0 bridgehead atoms. The Morgan fingerprint density at radius 1 is 1.12 bits per heavy atom. The number of halogens is 3. The van der Waals surface area contributed by atoms with Crippen molar-refractivity contribution in [2.75, 3.05) is 12.0 Å². The van der Waals surface area contributed by atoms with Crippen molar-refractivity contribution in [2.24, 2.45) is 0 Å². The Labute approximate surface area is 141 Å². The standard InChI is InChI=1S/C16H14F3N3O3/c1-2-25-15(24)11-8-9-12(16(17,18)19)20-13(11)21-22-14(23)10-6-4-3-5-7-10/h3-9H,2H2,1H3,(H,20,21)(H,22,23). The zero-order chi connectivity index (χ0) is 18.4. The third kappa shape index (κ3) is 4.69. The van der Waals surface area contributed by atoms with Crippen LogP contribution < -0.4 is 10.9 Å². The van der Waals surface area contributed by atoms with E-state index in [9.17, 15) is 22.8 Å². The van der Waals surface area contributed by atoms with Crippen LogP contribution in [0, 0.1) is 0 Å². The first-order valence-electron chi connectivity index (χ1n) is 7.19. The van der Waals surface area contributed by atoms with Crippen LogP contribution in [0.15, 0.2) is 42.5 Å². The predicted molar refractivity (Wildman–Crippen MR) is 82.7 cm³/mol. The van der Waals surface area contributed by atoms with Gasteiger partial charge in [0.15, 0.2) is 5.82 Å². The maximum atomic E-state index is 12.8. The highest BCUT2D eigenvalue weighted by Crippen LogP contribution is 2.29. The normalized spacial score (nSPS) is 10.9. The van der Waals surface area contributed by atoms with Gasteiger partial charge in [0.2, 0.25) is 0 Å². The zero-order valence-corrected chi connectivity index (χ0v) is 13.1. The van der Waals surface area contributed by atoms with Gasteiger partial charge in [-0.1, -0.05) is 18.2 Å². The third-order valence-corrected chi connectivity index (χ3v) is 3.01. The minimum Gasteiger partial charge on any atom is -0.462 e. The van der Waals surface area contributed by atoms with Crippen LogP contribution in [0.25, 0.3) is 0 Å². The van der Waals surface area contributed by atoms with Crippen LogP contribution >= 0.6 is 0 Å². The number of alkyl halides is 3. The molecule has 0 saturated carbocycles. The van der Waals surface area contributed by atoms with E-state index in [1.165, 1.54) is 12.1 Å². The third-order valence-electron chi connectivity index (χ3n) is 3.01. The molecule has 25 heavy (non-hydrogen) atoms. The highest BCUT2D eigenvalue weighted by Gasteiger charge is 2.33. The minimum atomic E-state index is -4.70. The first kappa shape index (κ1) is 18.2. The van der Waals surface area contributed by atoms with Gasteiger partial charge in [-0.05, 0) is 31.2 Å². The molecule has 1 heterocycles. The molecule has 1 aromatic heterocycles. The van der Waals surface area contributed by atoms with Gasteiger partial charge in [-0.3, -0.25) is 15.6 Å². The number of ether oxygens (including phenoxy) is 1. The Kier molecular flexibility index (Phi) is 5.58. The number of benzene rings is 1. The number of hydrogen-bond donors (Lipinski definition) is 2. The predicted octanol–water partition coefficient (Wildman–Crippen LogP) is 3.03. The lowest BCUT2D eigenvalue weighted by Gasteiger charge is -2.14.